The van der Waals surface area contributed by atoms with Crippen LogP contribution in [0.25, 0.3) is 0 Å². The molecule has 1 heterocycles. The van der Waals surface area contributed by atoms with Crippen molar-refractivity contribution >= 4 is 23.0 Å². The van der Waals surface area contributed by atoms with Gasteiger partial charge in [-0.05, 0) is 113 Å². The predicted molar refractivity (Wildman–Crippen MR) is 165 cm³/mol. The van der Waals surface area contributed by atoms with Gasteiger partial charge in [0.25, 0.3) is 0 Å². The smallest absolute Gasteiger partial charge is 0.233 e. The van der Waals surface area contributed by atoms with Crippen molar-refractivity contribution in [2.45, 2.75) is 102 Å². The topological polar surface area (TPSA) is 80.5 Å². The van der Waals surface area contributed by atoms with Gasteiger partial charge in [0.2, 0.25) is 11.8 Å². The number of hydrogen-bond donors (Lipinski definition) is 1. The first-order valence-electron chi connectivity index (χ1n) is 15.9. The molecule has 6 saturated carbocycles. The number of ether oxygens (including phenoxy) is 1. The van der Waals surface area contributed by atoms with E-state index in [4.69, 9.17) is 14.2 Å². The minimum absolute atomic E-state index is 0.0275. The van der Waals surface area contributed by atoms with Gasteiger partial charge in [-0.2, -0.15) is 4.98 Å². The Morgan fingerprint density at radius 3 is 2.26 bits per heavy atom. The zero-order valence-electron chi connectivity index (χ0n) is 25.8. The number of carbonyl (C=O) groups is 1. The minimum Gasteiger partial charge on any atom is -0.494 e. The summed E-state index contributed by atoms with van der Waals surface area (Å²) in [4.78, 5) is 21.1. The second-order valence-electron chi connectivity index (χ2n) is 14.9. The van der Waals surface area contributed by atoms with E-state index in [0.717, 1.165) is 73.1 Å². The van der Waals surface area contributed by atoms with Gasteiger partial charge in [0.05, 0.1) is 12.0 Å². The largest absolute Gasteiger partial charge is 0.494 e. The summed E-state index contributed by atoms with van der Waals surface area (Å²) in [7, 11) is 0. The summed E-state index contributed by atoms with van der Waals surface area (Å²) in [6, 6.07) is 16.0. The van der Waals surface area contributed by atoms with E-state index >= 15 is 0 Å². The first kappa shape index (κ1) is 28.4. The Kier molecular flexibility index (Phi) is 6.46. The van der Waals surface area contributed by atoms with Crippen molar-refractivity contribution in [2.24, 2.45) is 10.8 Å². The molecule has 6 fully saturated rings. The molecule has 6 aliphatic carbocycles. The molecule has 1 N–H and O–H groups in total. The number of nitrogens with zero attached hydrogens (tertiary/aromatic N) is 3. The fraction of sp³-hybridized carbons (Fsp3) is 0.571. The maximum atomic E-state index is 14.6. The van der Waals surface area contributed by atoms with Crippen LogP contribution in [0.15, 0.2) is 53.1 Å². The maximum absolute atomic E-state index is 14.6. The fourth-order valence-electron chi connectivity index (χ4n) is 8.08. The molecule has 0 unspecified atom stereocenters. The van der Waals surface area contributed by atoms with Crippen LogP contribution in [0.1, 0.15) is 97.2 Å². The van der Waals surface area contributed by atoms with Gasteiger partial charge in [-0.15, -0.1) is 0 Å². The lowest BCUT2D eigenvalue weighted by molar-refractivity contribution is -0.211. The Morgan fingerprint density at radius 1 is 1.00 bits per heavy atom. The predicted octanol–water partition coefficient (Wildman–Crippen LogP) is 8.03. The summed E-state index contributed by atoms with van der Waals surface area (Å²) in [6.45, 7) is 9.58. The van der Waals surface area contributed by atoms with E-state index in [1.807, 2.05) is 54.3 Å². The zero-order chi connectivity index (χ0) is 30.1. The van der Waals surface area contributed by atoms with Gasteiger partial charge < -0.3 is 19.5 Å². The Morgan fingerprint density at radius 2 is 1.67 bits per heavy atom. The quantitative estimate of drug-likeness (QED) is 0.273. The maximum Gasteiger partial charge on any atom is 0.233 e. The van der Waals surface area contributed by atoms with E-state index in [0.29, 0.717) is 32.4 Å². The molecule has 43 heavy (non-hydrogen) atoms. The number of alkyl halides is 1. The summed E-state index contributed by atoms with van der Waals surface area (Å²) >= 11 is 0. The molecule has 0 saturated heterocycles. The van der Waals surface area contributed by atoms with E-state index in [-0.39, 0.29) is 22.2 Å². The second-order valence-corrected chi connectivity index (χ2v) is 14.9. The molecule has 6 aliphatic rings. The highest BCUT2D eigenvalue weighted by Gasteiger charge is 2.73. The van der Waals surface area contributed by atoms with Gasteiger partial charge in [0.15, 0.2) is 5.82 Å². The lowest BCUT2D eigenvalue weighted by Gasteiger charge is -2.65. The lowest BCUT2D eigenvalue weighted by Crippen LogP contribution is -2.71. The SMILES string of the molecule is CCOc1ccc(Nc2cccc(N(CC34CCC(c5nc(C(C)(C)C)no5)(CC3)CC4)C(=O)C34CC(F)(C3)C4)c2)cc1. The molecular formula is C35H43FN4O3. The molecule has 3 aromatic rings. The molecule has 0 atom stereocenters. The molecular weight excluding hydrogens is 543 g/mol. The first-order chi connectivity index (χ1) is 20.4. The zero-order valence-corrected chi connectivity index (χ0v) is 25.8. The van der Waals surface area contributed by atoms with Gasteiger partial charge >= 0.3 is 0 Å². The number of rotatable bonds is 9. The number of aromatic nitrogens is 2. The van der Waals surface area contributed by atoms with E-state index in [1.165, 1.54) is 0 Å². The number of benzene rings is 2. The second kappa shape index (κ2) is 9.80. The number of fused-ring (bicyclic) bond motifs is 3. The van der Waals surface area contributed by atoms with Crippen molar-refractivity contribution in [3.63, 3.8) is 0 Å². The number of anilines is 3. The van der Waals surface area contributed by atoms with Crippen LogP contribution in [0.5, 0.6) is 5.75 Å². The van der Waals surface area contributed by atoms with Crippen LogP contribution in [0.3, 0.4) is 0 Å². The number of nitrogens with one attached hydrogen (secondary N) is 1. The van der Waals surface area contributed by atoms with Crippen LogP contribution in [-0.2, 0) is 15.6 Å². The number of hydrogen-bond acceptors (Lipinski definition) is 6. The standard InChI is InChI=1S/C35H43FN4O3/c1-5-42-27-11-9-24(10-12-27)37-25-7-6-8-26(19-25)40(30(41)34-20-35(36,21-34)22-34)23-32-13-16-33(17-14-32,18-15-32)29-38-28(39-43-29)31(2,3)4/h6-12,19,37H,5,13-18,20-23H2,1-4H3. The number of carbonyl (C=O) groups excluding carboxylic acids is 1. The third-order valence-electron chi connectivity index (χ3n) is 10.7. The fourth-order valence-corrected chi connectivity index (χ4v) is 8.08. The summed E-state index contributed by atoms with van der Waals surface area (Å²) in [5.41, 5.74) is 0.885. The highest BCUT2D eigenvalue weighted by Crippen LogP contribution is 2.70. The minimum atomic E-state index is -1.12. The molecule has 8 heteroatoms. The van der Waals surface area contributed by atoms with Gasteiger partial charge in [-0.25, -0.2) is 4.39 Å². The van der Waals surface area contributed by atoms with Gasteiger partial charge in [0.1, 0.15) is 11.4 Å². The van der Waals surface area contributed by atoms with Crippen LogP contribution >= 0.6 is 0 Å². The van der Waals surface area contributed by atoms with Crippen LogP contribution in [0, 0.1) is 10.8 Å². The average molecular weight is 587 g/mol. The van der Waals surface area contributed by atoms with Gasteiger partial charge in [-0.1, -0.05) is 32.0 Å². The molecule has 0 aliphatic heterocycles. The van der Waals surface area contributed by atoms with Crippen LogP contribution < -0.4 is 15.0 Å². The van der Waals surface area contributed by atoms with Crippen molar-refractivity contribution < 1.29 is 18.4 Å². The van der Waals surface area contributed by atoms with E-state index in [2.05, 4.69) is 37.3 Å². The van der Waals surface area contributed by atoms with Crippen molar-refractivity contribution in [1.82, 2.24) is 10.1 Å². The van der Waals surface area contributed by atoms with Gasteiger partial charge in [0, 0.05) is 34.4 Å². The third kappa shape index (κ3) is 4.91. The van der Waals surface area contributed by atoms with Crippen LogP contribution in [0.4, 0.5) is 21.5 Å². The number of halogens is 1. The highest BCUT2D eigenvalue weighted by molar-refractivity contribution is 6.00. The molecule has 1 aromatic heterocycles. The Hall–Kier alpha value is -3.42. The summed E-state index contributed by atoms with van der Waals surface area (Å²) in [6.07, 6.45) is 7.07. The first-order valence-corrected chi connectivity index (χ1v) is 15.9. The molecule has 7 nitrogen and oxygen atoms in total. The van der Waals surface area contributed by atoms with E-state index in [1.54, 1.807) is 0 Å². The van der Waals surface area contributed by atoms with Crippen molar-refractivity contribution in [1.29, 1.82) is 0 Å². The van der Waals surface area contributed by atoms with E-state index in [9.17, 15) is 9.18 Å². The normalized spacial score (nSPS) is 30.7. The molecule has 9 rings (SSSR count). The van der Waals surface area contributed by atoms with Gasteiger partial charge in [-0.3, -0.25) is 4.79 Å². The average Bonchev–Trinajstić information content (AvgIpc) is 3.48. The molecule has 228 valence electrons. The summed E-state index contributed by atoms with van der Waals surface area (Å²) < 4.78 is 26.0. The summed E-state index contributed by atoms with van der Waals surface area (Å²) in [5.74, 6) is 2.47. The molecule has 2 aromatic carbocycles. The van der Waals surface area contributed by atoms with Crippen molar-refractivity contribution in [3.05, 3.63) is 60.2 Å². The lowest BCUT2D eigenvalue weighted by atomic mass is 9.41. The number of amides is 1. The van der Waals surface area contributed by atoms with Crippen molar-refractivity contribution in [2.75, 3.05) is 23.4 Å². The molecule has 0 radical (unpaired) electrons. The monoisotopic (exact) mass is 586 g/mol. The van der Waals surface area contributed by atoms with Crippen molar-refractivity contribution in [3.8, 4) is 5.75 Å². The van der Waals surface area contributed by atoms with Crippen LogP contribution in [-0.4, -0.2) is 34.9 Å². The Bertz CT molecular complexity index is 1480. The highest BCUT2D eigenvalue weighted by atomic mass is 19.1. The Labute approximate surface area is 253 Å². The Balaban J connectivity index is 1.12. The molecule has 0 spiro atoms. The third-order valence-corrected chi connectivity index (χ3v) is 10.7. The van der Waals surface area contributed by atoms with Crippen LogP contribution in [0.2, 0.25) is 0 Å². The molecule has 1 amide bonds. The summed E-state index contributed by atoms with van der Waals surface area (Å²) in [5, 5.41) is 7.81. The van der Waals surface area contributed by atoms with E-state index < -0.39 is 11.1 Å². The molecule has 4 bridgehead atoms.